The summed E-state index contributed by atoms with van der Waals surface area (Å²) in [6.45, 7) is 7.65. The van der Waals surface area contributed by atoms with Gasteiger partial charge in [0, 0.05) is 11.5 Å². The van der Waals surface area contributed by atoms with E-state index in [2.05, 4.69) is 50.4 Å². The van der Waals surface area contributed by atoms with Gasteiger partial charge in [-0.2, -0.15) is 0 Å². The Labute approximate surface area is 156 Å². The van der Waals surface area contributed by atoms with Crippen molar-refractivity contribution in [3.8, 4) is 0 Å². The molecule has 0 radical (unpaired) electrons. The van der Waals surface area contributed by atoms with Crippen molar-refractivity contribution in [2.45, 2.75) is 70.6 Å². The highest BCUT2D eigenvalue weighted by atomic mass is 16.7. The number of hydrogen-bond donors (Lipinski definition) is 2. The summed E-state index contributed by atoms with van der Waals surface area (Å²) in [6.07, 6.45) is 3.58. The normalized spacial score (nSPS) is 24.9. The Morgan fingerprint density at radius 1 is 1.31 bits per heavy atom. The summed E-state index contributed by atoms with van der Waals surface area (Å²) in [5.41, 5.74) is 2.17. The molecule has 1 aliphatic carbocycles. The Bertz CT molecular complexity index is 633. The molecule has 0 bridgehead atoms. The largest absolute Gasteiger partial charge is 0.465 e. The predicted octanol–water partition coefficient (Wildman–Crippen LogP) is 4.10. The lowest BCUT2D eigenvalue weighted by Crippen LogP contribution is -2.58. The molecular formula is C21H31NO4. The van der Waals surface area contributed by atoms with E-state index < -0.39 is 6.09 Å². The van der Waals surface area contributed by atoms with E-state index in [1.165, 1.54) is 11.1 Å². The molecule has 26 heavy (non-hydrogen) atoms. The number of carboxylic acid groups (broad SMARTS) is 1. The minimum absolute atomic E-state index is 0.175. The van der Waals surface area contributed by atoms with Gasteiger partial charge >= 0.3 is 6.09 Å². The van der Waals surface area contributed by atoms with Crippen LogP contribution in [0.5, 0.6) is 0 Å². The third kappa shape index (κ3) is 3.89. The summed E-state index contributed by atoms with van der Waals surface area (Å²) in [6, 6.07) is 8.34. The molecule has 2 aliphatic rings. The number of amides is 1. The third-order valence-electron chi connectivity index (χ3n) is 5.83. The van der Waals surface area contributed by atoms with Crippen LogP contribution in [0.15, 0.2) is 24.3 Å². The molecule has 3 rings (SSSR count). The van der Waals surface area contributed by atoms with Gasteiger partial charge in [0.25, 0.3) is 0 Å². The van der Waals surface area contributed by atoms with Crippen LogP contribution < -0.4 is 5.32 Å². The molecule has 144 valence electrons. The lowest BCUT2D eigenvalue weighted by molar-refractivity contribution is -0.0546. The summed E-state index contributed by atoms with van der Waals surface area (Å²) >= 11 is 0. The summed E-state index contributed by atoms with van der Waals surface area (Å²) < 4.78 is 11.3. The highest BCUT2D eigenvalue weighted by molar-refractivity contribution is 5.65. The Morgan fingerprint density at radius 3 is 2.65 bits per heavy atom. The van der Waals surface area contributed by atoms with Crippen LogP contribution in [0.4, 0.5) is 4.79 Å². The quantitative estimate of drug-likeness (QED) is 0.829. The van der Waals surface area contributed by atoms with Crippen molar-refractivity contribution in [3.63, 3.8) is 0 Å². The van der Waals surface area contributed by atoms with Crippen molar-refractivity contribution in [3.05, 3.63) is 35.4 Å². The van der Waals surface area contributed by atoms with Crippen LogP contribution in [0.3, 0.4) is 0 Å². The van der Waals surface area contributed by atoms with E-state index in [1.807, 2.05) is 0 Å². The minimum Gasteiger partial charge on any atom is -0.465 e. The fourth-order valence-corrected chi connectivity index (χ4v) is 4.91. The van der Waals surface area contributed by atoms with Crippen molar-refractivity contribution in [2.24, 2.45) is 5.41 Å². The molecule has 0 saturated carbocycles. The highest BCUT2D eigenvalue weighted by Gasteiger charge is 2.48. The first-order valence-electron chi connectivity index (χ1n) is 9.64. The minimum atomic E-state index is -0.958. The lowest BCUT2D eigenvalue weighted by atomic mass is 9.58. The maximum absolute atomic E-state index is 11.7. The Morgan fingerprint density at radius 2 is 2.00 bits per heavy atom. The van der Waals surface area contributed by atoms with Crippen molar-refractivity contribution in [2.75, 3.05) is 13.2 Å². The Balaban J connectivity index is 2.02. The van der Waals surface area contributed by atoms with Gasteiger partial charge in [-0.3, -0.25) is 0 Å². The molecular weight excluding hydrogens is 330 g/mol. The van der Waals surface area contributed by atoms with Gasteiger partial charge in [0.1, 0.15) is 0 Å². The third-order valence-corrected chi connectivity index (χ3v) is 5.83. The first kappa shape index (κ1) is 19.2. The zero-order valence-corrected chi connectivity index (χ0v) is 16.1. The number of rotatable bonds is 5. The van der Waals surface area contributed by atoms with Crippen LogP contribution in [-0.4, -0.2) is 36.7 Å². The molecule has 2 unspecified atom stereocenters. The molecule has 1 aliphatic heterocycles. The van der Waals surface area contributed by atoms with Gasteiger partial charge in [-0.15, -0.1) is 0 Å². The van der Waals surface area contributed by atoms with E-state index in [1.54, 1.807) is 0 Å². The maximum Gasteiger partial charge on any atom is 0.404 e. The van der Waals surface area contributed by atoms with Crippen LogP contribution in [0, 0.1) is 5.41 Å². The first-order valence-corrected chi connectivity index (χ1v) is 9.64. The van der Waals surface area contributed by atoms with Crippen LogP contribution in [0.2, 0.25) is 0 Å². The van der Waals surface area contributed by atoms with Gasteiger partial charge in [0.05, 0.1) is 13.2 Å². The van der Waals surface area contributed by atoms with Crippen LogP contribution in [-0.2, 0) is 21.3 Å². The summed E-state index contributed by atoms with van der Waals surface area (Å²) in [4.78, 5) is 11.7. The van der Waals surface area contributed by atoms with Gasteiger partial charge < -0.3 is 19.9 Å². The average molecular weight is 361 g/mol. The molecule has 1 fully saturated rings. The molecule has 2 N–H and O–H groups in total. The standard InChI is InChI=1S/C21H31NO4/c1-20(2,3)18(22-19(23)24)21(12-10-17-25-13-14-26-17)11-6-8-15-7-4-5-9-16(15)21/h4-5,7,9,17-18,22H,6,8,10-14H2,1-3H3,(H,23,24). The lowest BCUT2D eigenvalue weighted by Gasteiger charge is -2.50. The fraction of sp³-hybridized carbons (Fsp3) is 0.667. The van der Waals surface area contributed by atoms with E-state index in [0.29, 0.717) is 13.2 Å². The number of nitrogens with one attached hydrogen (secondary N) is 1. The predicted molar refractivity (Wildman–Crippen MR) is 100 cm³/mol. The SMILES string of the molecule is CC(C)(C)C(NC(=O)O)C1(CCC2OCCO2)CCCc2ccccc21. The monoisotopic (exact) mass is 361 g/mol. The number of ether oxygens (including phenoxy) is 2. The molecule has 1 heterocycles. The van der Waals surface area contributed by atoms with E-state index in [0.717, 1.165) is 32.1 Å². The van der Waals surface area contributed by atoms with Gasteiger partial charge in [-0.05, 0) is 48.6 Å². The number of fused-ring (bicyclic) bond motifs is 1. The summed E-state index contributed by atoms with van der Waals surface area (Å²) in [5.74, 6) is 0. The molecule has 1 aromatic carbocycles. The summed E-state index contributed by atoms with van der Waals surface area (Å²) in [5, 5.41) is 12.4. The Hall–Kier alpha value is -1.59. The van der Waals surface area contributed by atoms with Gasteiger partial charge in [-0.25, -0.2) is 4.79 Å². The smallest absolute Gasteiger partial charge is 0.404 e. The molecule has 0 spiro atoms. The molecule has 5 nitrogen and oxygen atoms in total. The molecule has 5 heteroatoms. The van der Waals surface area contributed by atoms with Crippen molar-refractivity contribution >= 4 is 6.09 Å². The molecule has 1 aromatic rings. The maximum atomic E-state index is 11.7. The van der Waals surface area contributed by atoms with Crippen LogP contribution in [0.25, 0.3) is 0 Å². The highest BCUT2D eigenvalue weighted by Crippen LogP contribution is 2.48. The first-order chi connectivity index (χ1) is 12.3. The van der Waals surface area contributed by atoms with Crippen LogP contribution >= 0.6 is 0 Å². The molecule has 2 atom stereocenters. The summed E-state index contributed by atoms with van der Waals surface area (Å²) in [7, 11) is 0. The topological polar surface area (TPSA) is 67.8 Å². The second-order valence-electron chi connectivity index (χ2n) is 8.63. The number of hydrogen-bond acceptors (Lipinski definition) is 3. The van der Waals surface area contributed by atoms with Gasteiger partial charge in [0.15, 0.2) is 6.29 Å². The molecule has 0 aromatic heterocycles. The van der Waals surface area contributed by atoms with E-state index >= 15 is 0 Å². The zero-order valence-electron chi connectivity index (χ0n) is 16.1. The van der Waals surface area contributed by atoms with E-state index in [4.69, 9.17) is 9.47 Å². The Kier molecular flexibility index (Phi) is 5.58. The van der Waals surface area contributed by atoms with Crippen molar-refractivity contribution < 1.29 is 19.4 Å². The second-order valence-corrected chi connectivity index (χ2v) is 8.63. The fourth-order valence-electron chi connectivity index (χ4n) is 4.91. The average Bonchev–Trinajstić information content (AvgIpc) is 3.10. The second kappa shape index (κ2) is 7.57. The molecule has 1 saturated heterocycles. The number of benzene rings is 1. The number of carbonyl (C=O) groups is 1. The van der Waals surface area contributed by atoms with Crippen LogP contribution in [0.1, 0.15) is 57.6 Å². The van der Waals surface area contributed by atoms with Crippen molar-refractivity contribution in [1.82, 2.24) is 5.32 Å². The van der Waals surface area contributed by atoms with Gasteiger partial charge in [0.2, 0.25) is 0 Å². The van der Waals surface area contributed by atoms with Crippen molar-refractivity contribution in [1.29, 1.82) is 0 Å². The van der Waals surface area contributed by atoms with Gasteiger partial charge in [-0.1, -0.05) is 45.0 Å². The van der Waals surface area contributed by atoms with E-state index in [-0.39, 0.29) is 23.2 Å². The zero-order chi connectivity index (χ0) is 18.8. The molecule has 1 amide bonds. The number of aryl methyl sites for hydroxylation is 1. The van der Waals surface area contributed by atoms with E-state index in [9.17, 15) is 9.90 Å².